The molecular formula is C28H22O3. The van der Waals surface area contributed by atoms with E-state index in [0.717, 1.165) is 5.56 Å². The molecule has 0 fully saturated rings. The standard InChI is InChI=1S/C28H22O3/c1-19-11-13-20(14-12-19)28(21-15-17-22(18-16-21)31-27(29)30-2)25-9-5-3-7-23(25)24-8-4-6-10-26(24)28/h3-18H,1-2H3. The topological polar surface area (TPSA) is 35.5 Å². The van der Waals surface area contributed by atoms with Gasteiger partial charge in [0.25, 0.3) is 0 Å². The molecule has 0 spiro atoms. The fraction of sp³-hybridized carbons (Fsp3) is 0.107. The molecule has 0 unspecified atom stereocenters. The van der Waals surface area contributed by atoms with Crippen molar-refractivity contribution in [2.45, 2.75) is 12.3 Å². The predicted molar refractivity (Wildman–Crippen MR) is 122 cm³/mol. The molecule has 0 aromatic heterocycles. The maximum atomic E-state index is 11.5. The van der Waals surface area contributed by atoms with Crippen molar-refractivity contribution >= 4 is 6.16 Å². The molecule has 0 radical (unpaired) electrons. The molecule has 0 amide bonds. The van der Waals surface area contributed by atoms with E-state index in [4.69, 9.17) is 4.74 Å². The average molecular weight is 406 g/mol. The Morgan fingerprint density at radius 2 is 1.16 bits per heavy atom. The lowest BCUT2D eigenvalue weighted by Gasteiger charge is -2.34. The summed E-state index contributed by atoms with van der Waals surface area (Å²) in [6, 6.07) is 33.7. The molecule has 31 heavy (non-hydrogen) atoms. The van der Waals surface area contributed by atoms with Gasteiger partial charge in [-0.3, -0.25) is 0 Å². The van der Waals surface area contributed by atoms with Crippen LogP contribution in [0.1, 0.15) is 27.8 Å². The number of carbonyl (C=O) groups is 1. The zero-order chi connectivity index (χ0) is 21.4. The fourth-order valence-electron chi connectivity index (χ4n) is 4.74. The molecule has 0 atom stereocenters. The Kier molecular flexibility index (Phi) is 4.59. The predicted octanol–water partition coefficient (Wildman–Crippen LogP) is 6.50. The summed E-state index contributed by atoms with van der Waals surface area (Å²) in [5.41, 5.74) is 8.08. The molecule has 1 aliphatic rings. The first kappa shape index (κ1) is 19.1. The molecule has 0 aliphatic heterocycles. The Labute approximate surface area is 181 Å². The molecule has 3 nitrogen and oxygen atoms in total. The minimum absolute atomic E-state index is 0.453. The smallest absolute Gasteiger partial charge is 0.437 e. The van der Waals surface area contributed by atoms with E-state index in [1.54, 1.807) is 0 Å². The van der Waals surface area contributed by atoms with Crippen LogP contribution in [-0.4, -0.2) is 13.3 Å². The summed E-state index contributed by atoms with van der Waals surface area (Å²) < 4.78 is 9.83. The van der Waals surface area contributed by atoms with Crippen LogP contribution < -0.4 is 4.74 Å². The summed E-state index contributed by atoms with van der Waals surface area (Å²) in [6.07, 6.45) is -0.724. The number of fused-ring (bicyclic) bond motifs is 3. The van der Waals surface area contributed by atoms with Gasteiger partial charge in [-0.2, -0.15) is 0 Å². The number of methoxy groups -OCH3 is 1. The summed E-state index contributed by atoms with van der Waals surface area (Å²) >= 11 is 0. The second kappa shape index (κ2) is 7.44. The van der Waals surface area contributed by atoms with Crippen molar-refractivity contribution in [2.75, 3.05) is 7.11 Å². The Bertz CT molecular complexity index is 1210. The molecule has 0 bridgehead atoms. The Balaban J connectivity index is 1.79. The summed E-state index contributed by atoms with van der Waals surface area (Å²) in [5.74, 6) is 0.453. The van der Waals surface area contributed by atoms with Crippen LogP contribution in [0, 0.1) is 6.92 Å². The van der Waals surface area contributed by atoms with Crippen LogP contribution in [0.5, 0.6) is 5.75 Å². The summed E-state index contributed by atoms with van der Waals surface area (Å²) in [5, 5.41) is 0. The molecule has 152 valence electrons. The van der Waals surface area contributed by atoms with Gasteiger partial charge in [0.15, 0.2) is 0 Å². The third-order valence-electron chi connectivity index (χ3n) is 6.09. The quantitative estimate of drug-likeness (QED) is 0.253. The van der Waals surface area contributed by atoms with Crippen molar-refractivity contribution in [1.82, 2.24) is 0 Å². The SMILES string of the molecule is COC(=O)Oc1ccc(C2(c3ccc(C)cc3)c3ccccc3-c3ccccc32)cc1. The third kappa shape index (κ3) is 2.93. The van der Waals surface area contributed by atoms with Crippen molar-refractivity contribution in [2.24, 2.45) is 0 Å². The van der Waals surface area contributed by atoms with Gasteiger partial charge in [0.05, 0.1) is 12.5 Å². The van der Waals surface area contributed by atoms with Gasteiger partial charge in [-0.05, 0) is 52.4 Å². The van der Waals surface area contributed by atoms with Gasteiger partial charge in [0, 0.05) is 0 Å². The highest BCUT2D eigenvalue weighted by Crippen LogP contribution is 2.56. The van der Waals surface area contributed by atoms with Crippen molar-refractivity contribution < 1.29 is 14.3 Å². The van der Waals surface area contributed by atoms with E-state index in [2.05, 4.69) is 84.5 Å². The molecule has 3 heteroatoms. The first-order valence-corrected chi connectivity index (χ1v) is 10.3. The lowest BCUT2D eigenvalue weighted by molar-refractivity contribution is 0.121. The lowest BCUT2D eigenvalue weighted by atomic mass is 9.67. The van der Waals surface area contributed by atoms with Crippen LogP contribution in [0.25, 0.3) is 11.1 Å². The van der Waals surface area contributed by atoms with Gasteiger partial charge in [-0.25, -0.2) is 4.79 Å². The second-order valence-corrected chi connectivity index (χ2v) is 7.79. The highest BCUT2D eigenvalue weighted by molar-refractivity contribution is 5.86. The van der Waals surface area contributed by atoms with Crippen molar-refractivity contribution in [3.8, 4) is 16.9 Å². The second-order valence-electron chi connectivity index (χ2n) is 7.79. The highest BCUT2D eigenvalue weighted by atomic mass is 16.7. The van der Waals surface area contributed by atoms with E-state index in [0.29, 0.717) is 5.75 Å². The van der Waals surface area contributed by atoms with Crippen LogP contribution in [0.15, 0.2) is 97.1 Å². The minimum atomic E-state index is -0.724. The van der Waals surface area contributed by atoms with E-state index in [1.807, 2.05) is 24.3 Å². The monoisotopic (exact) mass is 406 g/mol. The summed E-state index contributed by atoms with van der Waals surface area (Å²) in [7, 11) is 1.30. The van der Waals surface area contributed by atoms with Gasteiger partial charge in [-0.1, -0.05) is 90.5 Å². The normalized spacial score (nSPS) is 13.2. The number of aryl methyl sites for hydroxylation is 1. The number of ether oxygens (including phenoxy) is 2. The molecule has 1 aliphatic carbocycles. The number of benzene rings is 4. The molecule has 0 N–H and O–H groups in total. The van der Waals surface area contributed by atoms with Crippen LogP contribution in [0.4, 0.5) is 4.79 Å². The van der Waals surface area contributed by atoms with Gasteiger partial charge in [-0.15, -0.1) is 0 Å². The van der Waals surface area contributed by atoms with E-state index in [9.17, 15) is 4.79 Å². The Morgan fingerprint density at radius 1 is 0.677 bits per heavy atom. The van der Waals surface area contributed by atoms with Crippen molar-refractivity contribution in [1.29, 1.82) is 0 Å². The first-order chi connectivity index (χ1) is 15.1. The largest absolute Gasteiger partial charge is 0.513 e. The van der Waals surface area contributed by atoms with Crippen LogP contribution in [0.2, 0.25) is 0 Å². The zero-order valence-electron chi connectivity index (χ0n) is 17.5. The van der Waals surface area contributed by atoms with Crippen molar-refractivity contribution in [3.05, 3.63) is 125 Å². The van der Waals surface area contributed by atoms with Gasteiger partial charge >= 0.3 is 6.16 Å². The minimum Gasteiger partial charge on any atom is -0.437 e. The fourth-order valence-corrected chi connectivity index (χ4v) is 4.74. The van der Waals surface area contributed by atoms with Gasteiger partial charge in [0.2, 0.25) is 0 Å². The van der Waals surface area contributed by atoms with E-state index in [1.165, 1.54) is 40.5 Å². The highest BCUT2D eigenvalue weighted by Gasteiger charge is 2.45. The molecule has 0 saturated heterocycles. The van der Waals surface area contributed by atoms with Gasteiger partial charge in [0.1, 0.15) is 5.75 Å². The van der Waals surface area contributed by atoms with Crippen LogP contribution >= 0.6 is 0 Å². The molecule has 4 aromatic carbocycles. The molecule has 0 heterocycles. The third-order valence-corrected chi connectivity index (χ3v) is 6.09. The van der Waals surface area contributed by atoms with E-state index >= 15 is 0 Å². The van der Waals surface area contributed by atoms with E-state index < -0.39 is 11.6 Å². The molecular weight excluding hydrogens is 384 g/mol. The zero-order valence-corrected chi connectivity index (χ0v) is 17.5. The average Bonchev–Trinajstić information content (AvgIpc) is 3.11. The molecule has 4 aromatic rings. The maximum Gasteiger partial charge on any atom is 0.513 e. The lowest BCUT2D eigenvalue weighted by Crippen LogP contribution is -2.28. The maximum absolute atomic E-state index is 11.5. The summed E-state index contributed by atoms with van der Waals surface area (Å²) in [6.45, 7) is 2.10. The Morgan fingerprint density at radius 3 is 1.68 bits per heavy atom. The number of hydrogen-bond acceptors (Lipinski definition) is 3. The number of rotatable bonds is 3. The Hall–Kier alpha value is -3.85. The molecule has 0 saturated carbocycles. The van der Waals surface area contributed by atoms with Crippen LogP contribution in [-0.2, 0) is 10.2 Å². The van der Waals surface area contributed by atoms with Crippen molar-refractivity contribution in [3.63, 3.8) is 0 Å². The number of hydrogen-bond donors (Lipinski definition) is 0. The summed E-state index contributed by atoms with van der Waals surface area (Å²) in [4.78, 5) is 11.5. The van der Waals surface area contributed by atoms with Gasteiger partial charge < -0.3 is 9.47 Å². The van der Waals surface area contributed by atoms with E-state index in [-0.39, 0.29) is 0 Å². The first-order valence-electron chi connectivity index (χ1n) is 10.3. The van der Waals surface area contributed by atoms with Crippen LogP contribution in [0.3, 0.4) is 0 Å². The number of carbonyl (C=O) groups excluding carboxylic acids is 1. The molecule has 5 rings (SSSR count).